The van der Waals surface area contributed by atoms with Crippen LogP contribution in [0.2, 0.25) is 0 Å². The number of rotatable bonds is 5. The van der Waals surface area contributed by atoms with Gasteiger partial charge in [0, 0.05) is 17.1 Å². The summed E-state index contributed by atoms with van der Waals surface area (Å²) in [5.41, 5.74) is 1.78. The molecule has 2 aromatic rings. The maximum absolute atomic E-state index is 12.8. The third-order valence-corrected chi connectivity index (χ3v) is 6.20. The molecule has 24 heavy (non-hydrogen) atoms. The summed E-state index contributed by atoms with van der Waals surface area (Å²) in [4.78, 5) is 25.6. The third-order valence-electron chi connectivity index (χ3n) is 3.49. The lowest BCUT2D eigenvalue weighted by Crippen LogP contribution is -2.12. The number of Topliss-reactive ketones (excluding diaryl/α,β-unsaturated/α-hetero) is 1. The second-order valence-corrected chi connectivity index (χ2v) is 7.63. The Morgan fingerprint density at radius 3 is 2.04 bits per heavy atom. The molecule has 4 heteroatoms. The van der Waals surface area contributed by atoms with E-state index in [1.165, 1.54) is 6.08 Å². The zero-order chi connectivity index (χ0) is 16.8. The predicted molar refractivity (Wildman–Crippen MR) is 103 cm³/mol. The molecule has 1 aliphatic rings. The Bertz CT molecular complexity index is 785. The minimum absolute atomic E-state index is 0.199. The fraction of sp³-hybridized carbons (Fsp3) is 0.100. The van der Waals surface area contributed by atoms with Crippen LogP contribution in [0.15, 0.2) is 76.5 Å². The second-order valence-electron chi connectivity index (χ2n) is 5.16. The van der Waals surface area contributed by atoms with Gasteiger partial charge in [0.1, 0.15) is 0 Å². The van der Waals surface area contributed by atoms with E-state index in [0.29, 0.717) is 11.1 Å². The van der Waals surface area contributed by atoms with Crippen LogP contribution in [0.4, 0.5) is 0 Å². The summed E-state index contributed by atoms with van der Waals surface area (Å²) < 4.78 is 0.839. The third kappa shape index (κ3) is 4.08. The number of benzene rings is 2. The van der Waals surface area contributed by atoms with Gasteiger partial charge in [-0.05, 0) is 11.6 Å². The number of allylic oxidation sites excluding steroid dienone is 2. The van der Waals surface area contributed by atoms with Gasteiger partial charge in [0.25, 0.3) is 0 Å². The minimum atomic E-state index is -0.232. The lowest BCUT2D eigenvalue weighted by atomic mass is 10.0. The van der Waals surface area contributed by atoms with E-state index in [0.717, 1.165) is 21.3 Å². The lowest BCUT2D eigenvalue weighted by Gasteiger charge is -2.07. The molecule has 0 amide bonds. The molecule has 0 aromatic heterocycles. The average Bonchev–Trinajstić information content (AvgIpc) is 3.16. The van der Waals surface area contributed by atoms with Gasteiger partial charge in [0.05, 0.1) is 9.81 Å². The van der Waals surface area contributed by atoms with Crippen molar-refractivity contribution < 1.29 is 9.59 Å². The molecule has 3 rings (SSSR count). The first-order chi connectivity index (χ1) is 11.8. The Balaban J connectivity index is 1.91. The van der Waals surface area contributed by atoms with Crippen LogP contribution in [-0.2, 0) is 4.79 Å². The number of hydrogen-bond donors (Lipinski definition) is 0. The maximum atomic E-state index is 12.8. The predicted octanol–water partition coefficient (Wildman–Crippen LogP) is 4.84. The quantitative estimate of drug-likeness (QED) is 0.334. The van der Waals surface area contributed by atoms with Crippen LogP contribution < -0.4 is 0 Å². The van der Waals surface area contributed by atoms with Gasteiger partial charge in [0.2, 0.25) is 0 Å². The first-order valence-electron chi connectivity index (χ1n) is 7.63. The van der Waals surface area contributed by atoms with Crippen LogP contribution in [0.25, 0.3) is 6.08 Å². The Morgan fingerprint density at radius 1 is 0.833 bits per heavy atom. The van der Waals surface area contributed by atoms with Crippen molar-refractivity contribution >= 4 is 41.2 Å². The molecule has 120 valence electrons. The molecule has 0 spiro atoms. The van der Waals surface area contributed by atoms with Crippen LogP contribution in [0.1, 0.15) is 15.9 Å². The van der Waals surface area contributed by atoms with Crippen LogP contribution in [0.3, 0.4) is 0 Å². The van der Waals surface area contributed by atoms with E-state index in [1.807, 2.05) is 48.5 Å². The Labute approximate surface area is 150 Å². The topological polar surface area (TPSA) is 34.1 Å². The van der Waals surface area contributed by atoms with E-state index in [-0.39, 0.29) is 11.6 Å². The number of thioether (sulfide) groups is 2. The summed E-state index contributed by atoms with van der Waals surface area (Å²) in [5.74, 6) is 1.43. The van der Waals surface area contributed by atoms with Crippen LogP contribution in [0.5, 0.6) is 0 Å². The molecule has 1 heterocycles. The van der Waals surface area contributed by atoms with Crippen molar-refractivity contribution in [2.75, 3.05) is 11.5 Å². The van der Waals surface area contributed by atoms with E-state index in [1.54, 1.807) is 41.7 Å². The summed E-state index contributed by atoms with van der Waals surface area (Å²) in [6.07, 6.45) is 3.25. The van der Waals surface area contributed by atoms with Crippen molar-refractivity contribution in [2.45, 2.75) is 0 Å². The number of carbonyl (C=O) groups is 2. The molecular formula is C20H16O2S2. The molecular weight excluding hydrogens is 336 g/mol. The van der Waals surface area contributed by atoms with Crippen molar-refractivity contribution in [3.05, 3.63) is 87.7 Å². The van der Waals surface area contributed by atoms with Gasteiger partial charge in [-0.25, -0.2) is 0 Å². The van der Waals surface area contributed by atoms with Crippen molar-refractivity contribution in [3.63, 3.8) is 0 Å². The highest BCUT2D eigenvalue weighted by atomic mass is 32.2. The summed E-state index contributed by atoms with van der Waals surface area (Å²) in [5, 5.41) is 0. The zero-order valence-corrected chi connectivity index (χ0v) is 14.6. The van der Waals surface area contributed by atoms with Crippen LogP contribution in [0, 0.1) is 0 Å². The van der Waals surface area contributed by atoms with Gasteiger partial charge >= 0.3 is 0 Å². The fourth-order valence-corrected chi connectivity index (χ4v) is 4.86. The summed E-state index contributed by atoms with van der Waals surface area (Å²) >= 11 is 3.18. The molecule has 0 atom stereocenters. The van der Waals surface area contributed by atoms with Crippen molar-refractivity contribution in [1.82, 2.24) is 0 Å². The Hall–Kier alpha value is -2.04. The molecule has 0 bridgehead atoms. The minimum Gasteiger partial charge on any atom is -0.289 e. The SMILES string of the molecule is O=C(C=Cc1ccccc1)C(C(=O)c1ccccc1)=C1SCCS1. The van der Waals surface area contributed by atoms with E-state index >= 15 is 0 Å². The van der Waals surface area contributed by atoms with Crippen molar-refractivity contribution in [1.29, 1.82) is 0 Å². The van der Waals surface area contributed by atoms with E-state index < -0.39 is 0 Å². The van der Waals surface area contributed by atoms with E-state index in [9.17, 15) is 9.59 Å². The van der Waals surface area contributed by atoms with Crippen molar-refractivity contribution in [2.24, 2.45) is 0 Å². The molecule has 0 saturated carbocycles. The standard InChI is InChI=1S/C20H16O2S2/c21-17(12-11-15-7-3-1-4-8-15)18(20-23-13-14-24-20)19(22)16-9-5-2-6-10-16/h1-12H,13-14H2. The highest BCUT2D eigenvalue weighted by molar-refractivity contribution is 8.25. The Kier molecular flexibility index (Phi) is 5.72. The Morgan fingerprint density at radius 2 is 1.42 bits per heavy atom. The highest BCUT2D eigenvalue weighted by Crippen LogP contribution is 2.39. The number of hydrogen-bond acceptors (Lipinski definition) is 4. The molecule has 0 unspecified atom stereocenters. The van der Waals surface area contributed by atoms with Crippen molar-refractivity contribution in [3.8, 4) is 0 Å². The molecule has 0 radical (unpaired) electrons. The second kappa shape index (κ2) is 8.18. The van der Waals surface area contributed by atoms with Gasteiger partial charge in [-0.3, -0.25) is 9.59 Å². The zero-order valence-electron chi connectivity index (χ0n) is 13.0. The summed E-state index contributed by atoms with van der Waals surface area (Å²) in [6.45, 7) is 0. The molecule has 1 fully saturated rings. The number of ketones is 2. The van der Waals surface area contributed by atoms with E-state index in [2.05, 4.69) is 0 Å². The molecule has 1 aliphatic heterocycles. The fourth-order valence-electron chi connectivity index (χ4n) is 2.31. The van der Waals surface area contributed by atoms with Crippen LogP contribution >= 0.6 is 23.5 Å². The molecule has 0 aliphatic carbocycles. The average molecular weight is 352 g/mol. The molecule has 2 nitrogen and oxygen atoms in total. The van der Waals surface area contributed by atoms with E-state index in [4.69, 9.17) is 0 Å². The summed E-state index contributed by atoms with van der Waals surface area (Å²) in [6, 6.07) is 18.6. The maximum Gasteiger partial charge on any atom is 0.198 e. The largest absolute Gasteiger partial charge is 0.289 e. The molecule has 0 N–H and O–H groups in total. The highest BCUT2D eigenvalue weighted by Gasteiger charge is 2.25. The van der Waals surface area contributed by atoms with Gasteiger partial charge in [-0.15, -0.1) is 23.5 Å². The first-order valence-corrected chi connectivity index (χ1v) is 9.60. The molecule has 2 aromatic carbocycles. The monoisotopic (exact) mass is 352 g/mol. The van der Waals surface area contributed by atoms with Gasteiger partial charge < -0.3 is 0 Å². The van der Waals surface area contributed by atoms with Crippen LogP contribution in [-0.4, -0.2) is 23.1 Å². The normalized spacial score (nSPS) is 14.1. The summed E-state index contributed by atoms with van der Waals surface area (Å²) in [7, 11) is 0. The van der Waals surface area contributed by atoms with Gasteiger partial charge in [0.15, 0.2) is 11.6 Å². The lowest BCUT2D eigenvalue weighted by molar-refractivity contribution is -0.111. The molecule has 1 saturated heterocycles. The van der Waals surface area contributed by atoms with Gasteiger partial charge in [-0.1, -0.05) is 66.7 Å². The number of carbonyl (C=O) groups excluding carboxylic acids is 2. The smallest absolute Gasteiger partial charge is 0.198 e. The first kappa shape index (κ1) is 16.8. The van der Waals surface area contributed by atoms with Gasteiger partial charge in [-0.2, -0.15) is 0 Å².